The lowest BCUT2D eigenvalue weighted by Gasteiger charge is -2.16. The standard InChI is InChI=1S/C26H25N3O4/c30-24(28-21-11-13-22(14-12-21)29-15-5-10-25(29)31)18-33-23-9-4-8-20(16-23)26(32)27-17-19-6-2-1-3-7-19/h1-4,6-9,11-14,16H,5,10,15,17-18H2,(H,27,32)(H,28,30). The Bertz CT molecular complexity index is 1130. The number of nitrogens with one attached hydrogen (secondary N) is 2. The van der Waals surface area contributed by atoms with Gasteiger partial charge in [0.15, 0.2) is 6.61 Å². The Morgan fingerprint density at radius 2 is 1.73 bits per heavy atom. The smallest absolute Gasteiger partial charge is 0.262 e. The van der Waals surface area contributed by atoms with Crippen molar-refractivity contribution in [3.05, 3.63) is 90.0 Å². The van der Waals surface area contributed by atoms with E-state index in [1.165, 1.54) is 0 Å². The zero-order chi connectivity index (χ0) is 23.0. The van der Waals surface area contributed by atoms with E-state index in [0.29, 0.717) is 30.0 Å². The molecule has 7 heteroatoms. The van der Waals surface area contributed by atoms with E-state index in [1.807, 2.05) is 42.5 Å². The Morgan fingerprint density at radius 1 is 0.939 bits per heavy atom. The van der Waals surface area contributed by atoms with Crippen LogP contribution in [0.25, 0.3) is 0 Å². The number of benzene rings is 3. The maximum Gasteiger partial charge on any atom is 0.262 e. The quantitative estimate of drug-likeness (QED) is 0.555. The first-order valence-corrected chi connectivity index (χ1v) is 10.8. The Hall–Kier alpha value is -4.13. The van der Waals surface area contributed by atoms with E-state index in [4.69, 9.17) is 4.74 Å². The van der Waals surface area contributed by atoms with Crippen molar-refractivity contribution in [2.75, 3.05) is 23.4 Å². The summed E-state index contributed by atoms with van der Waals surface area (Å²) in [6.45, 7) is 0.959. The van der Waals surface area contributed by atoms with Crippen molar-refractivity contribution in [1.29, 1.82) is 0 Å². The van der Waals surface area contributed by atoms with Gasteiger partial charge in [-0.1, -0.05) is 36.4 Å². The van der Waals surface area contributed by atoms with E-state index in [0.717, 1.165) is 24.2 Å². The molecular formula is C26H25N3O4. The molecule has 1 saturated heterocycles. The van der Waals surface area contributed by atoms with Crippen molar-refractivity contribution in [2.45, 2.75) is 19.4 Å². The van der Waals surface area contributed by atoms with Gasteiger partial charge in [0.2, 0.25) is 5.91 Å². The van der Waals surface area contributed by atoms with Gasteiger partial charge in [-0.15, -0.1) is 0 Å². The van der Waals surface area contributed by atoms with Gasteiger partial charge in [0.1, 0.15) is 5.75 Å². The minimum atomic E-state index is -0.320. The summed E-state index contributed by atoms with van der Waals surface area (Å²) in [4.78, 5) is 38.3. The fourth-order valence-corrected chi connectivity index (χ4v) is 3.60. The zero-order valence-corrected chi connectivity index (χ0v) is 18.1. The molecule has 4 rings (SSSR count). The van der Waals surface area contributed by atoms with Crippen LogP contribution in [0.3, 0.4) is 0 Å². The van der Waals surface area contributed by atoms with Crippen LogP contribution in [0.1, 0.15) is 28.8 Å². The molecule has 3 amide bonds. The average Bonchev–Trinajstić information content (AvgIpc) is 3.28. The fraction of sp³-hybridized carbons (Fsp3) is 0.192. The molecule has 0 bridgehead atoms. The summed E-state index contributed by atoms with van der Waals surface area (Å²) in [5, 5.41) is 5.64. The van der Waals surface area contributed by atoms with Crippen LogP contribution < -0.4 is 20.3 Å². The van der Waals surface area contributed by atoms with E-state index in [1.54, 1.807) is 41.3 Å². The lowest BCUT2D eigenvalue weighted by Crippen LogP contribution is -2.24. The third kappa shape index (κ3) is 5.98. The SMILES string of the molecule is O=C(COc1cccc(C(=O)NCc2ccccc2)c1)Nc1ccc(N2CCCC2=O)cc1. The van der Waals surface area contributed by atoms with E-state index >= 15 is 0 Å². The first-order chi connectivity index (χ1) is 16.1. The zero-order valence-electron chi connectivity index (χ0n) is 18.1. The number of nitrogens with zero attached hydrogens (tertiary/aromatic N) is 1. The molecule has 0 aromatic heterocycles. The van der Waals surface area contributed by atoms with Crippen LogP contribution in [0.15, 0.2) is 78.9 Å². The molecule has 0 aliphatic carbocycles. The van der Waals surface area contributed by atoms with Crippen LogP contribution in [0.5, 0.6) is 5.75 Å². The molecule has 2 N–H and O–H groups in total. The summed E-state index contributed by atoms with van der Waals surface area (Å²) in [6.07, 6.45) is 1.44. The minimum Gasteiger partial charge on any atom is -0.484 e. The van der Waals surface area contributed by atoms with Gasteiger partial charge in [0.25, 0.3) is 11.8 Å². The molecule has 0 radical (unpaired) electrons. The molecule has 0 atom stereocenters. The molecule has 1 aliphatic heterocycles. The number of hydrogen-bond donors (Lipinski definition) is 2. The first-order valence-electron chi connectivity index (χ1n) is 10.8. The molecule has 168 valence electrons. The Morgan fingerprint density at radius 3 is 2.45 bits per heavy atom. The van der Waals surface area contributed by atoms with Crippen molar-refractivity contribution < 1.29 is 19.1 Å². The summed E-state index contributed by atoms with van der Waals surface area (Å²) >= 11 is 0. The summed E-state index contributed by atoms with van der Waals surface area (Å²) in [7, 11) is 0. The molecule has 1 aliphatic rings. The van der Waals surface area contributed by atoms with Gasteiger partial charge in [-0.05, 0) is 54.4 Å². The summed E-state index contributed by atoms with van der Waals surface area (Å²) in [6, 6.07) is 23.5. The first kappa shape index (κ1) is 22.1. The van der Waals surface area contributed by atoms with E-state index in [2.05, 4.69) is 10.6 Å². The summed E-state index contributed by atoms with van der Waals surface area (Å²) in [5.74, 6) is 0.0147. The second kappa shape index (κ2) is 10.5. The number of carbonyl (C=O) groups excluding carboxylic acids is 3. The molecule has 0 unspecified atom stereocenters. The highest BCUT2D eigenvalue weighted by molar-refractivity contribution is 5.96. The number of hydrogen-bond acceptors (Lipinski definition) is 4. The van der Waals surface area contributed by atoms with Crippen molar-refractivity contribution in [3.63, 3.8) is 0 Å². The topological polar surface area (TPSA) is 87.7 Å². The van der Waals surface area contributed by atoms with Gasteiger partial charge in [-0.3, -0.25) is 14.4 Å². The molecule has 3 aromatic carbocycles. The van der Waals surface area contributed by atoms with Crippen LogP contribution in [0.2, 0.25) is 0 Å². The van der Waals surface area contributed by atoms with Crippen molar-refractivity contribution in [2.24, 2.45) is 0 Å². The predicted octanol–water partition coefficient (Wildman–Crippen LogP) is 3.76. The van der Waals surface area contributed by atoms with Crippen molar-refractivity contribution >= 4 is 29.1 Å². The van der Waals surface area contributed by atoms with E-state index in [-0.39, 0.29) is 24.3 Å². The number of ether oxygens (including phenoxy) is 1. The second-order valence-corrected chi connectivity index (χ2v) is 7.73. The van der Waals surface area contributed by atoms with Crippen molar-refractivity contribution in [1.82, 2.24) is 5.32 Å². The second-order valence-electron chi connectivity index (χ2n) is 7.73. The van der Waals surface area contributed by atoms with E-state index in [9.17, 15) is 14.4 Å². The predicted molar refractivity (Wildman–Crippen MR) is 126 cm³/mol. The molecule has 0 spiro atoms. The van der Waals surface area contributed by atoms with Gasteiger partial charge in [0, 0.05) is 36.4 Å². The maximum absolute atomic E-state index is 12.4. The summed E-state index contributed by atoms with van der Waals surface area (Å²) in [5.41, 5.74) is 2.91. The van der Waals surface area contributed by atoms with Crippen molar-refractivity contribution in [3.8, 4) is 5.75 Å². The number of amides is 3. The highest BCUT2D eigenvalue weighted by atomic mass is 16.5. The van der Waals surface area contributed by atoms with Gasteiger partial charge in [-0.25, -0.2) is 0 Å². The van der Waals surface area contributed by atoms with Crippen LogP contribution in [0, 0.1) is 0 Å². The minimum absolute atomic E-state index is 0.121. The van der Waals surface area contributed by atoms with Crippen LogP contribution >= 0.6 is 0 Å². The van der Waals surface area contributed by atoms with Crippen LogP contribution in [0.4, 0.5) is 11.4 Å². The van der Waals surface area contributed by atoms with Gasteiger partial charge < -0.3 is 20.3 Å². The highest BCUT2D eigenvalue weighted by Gasteiger charge is 2.21. The molecule has 0 saturated carbocycles. The third-order valence-corrected chi connectivity index (χ3v) is 5.30. The molecule has 33 heavy (non-hydrogen) atoms. The molecular weight excluding hydrogens is 418 g/mol. The van der Waals surface area contributed by atoms with Crippen LogP contribution in [-0.4, -0.2) is 30.9 Å². The monoisotopic (exact) mass is 443 g/mol. The fourth-order valence-electron chi connectivity index (χ4n) is 3.60. The third-order valence-electron chi connectivity index (χ3n) is 5.30. The lowest BCUT2D eigenvalue weighted by molar-refractivity contribution is -0.118. The maximum atomic E-state index is 12.4. The molecule has 7 nitrogen and oxygen atoms in total. The highest BCUT2D eigenvalue weighted by Crippen LogP contribution is 2.23. The van der Waals surface area contributed by atoms with Gasteiger partial charge in [0.05, 0.1) is 0 Å². The van der Waals surface area contributed by atoms with Gasteiger partial charge >= 0.3 is 0 Å². The average molecular weight is 444 g/mol. The van der Waals surface area contributed by atoms with Crippen LogP contribution in [-0.2, 0) is 16.1 Å². The number of carbonyl (C=O) groups is 3. The molecule has 1 heterocycles. The van der Waals surface area contributed by atoms with Gasteiger partial charge in [-0.2, -0.15) is 0 Å². The Balaban J connectivity index is 1.27. The summed E-state index contributed by atoms with van der Waals surface area (Å²) < 4.78 is 5.57. The Labute approximate surface area is 192 Å². The lowest BCUT2D eigenvalue weighted by atomic mass is 10.2. The normalized spacial score (nSPS) is 13.0. The number of rotatable bonds is 8. The largest absolute Gasteiger partial charge is 0.484 e. The molecule has 1 fully saturated rings. The Kier molecular flexibility index (Phi) is 6.99. The van der Waals surface area contributed by atoms with E-state index < -0.39 is 0 Å². The molecule has 3 aromatic rings. The number of anilines is 2.